The second-order valence-electron chi connectivity index (χ2n) is 4.41. The van der Waals surface area contributed by atoms with Crippen molar-refractivity contribution in [3.63, 3.8) is 0 Å². The van der Waals surface area contributed by atoms with Crippen LogP contribution < -0.4 is 10.2 Å². The molecular weight excluding hydrogens is 278 g/mol. The van der Waals surface area contributed by atoms with E-state index in [1.54, 1.807) is 0 Å². The lowest BCUT2D eigenvalue weighted by Gasteiger charge is -2.18. The fraction of sp³-hybridized carbons (Fsp3) is 0.143. The maximum Gasteiger partial charge on any atom is 0.335 e. The summed E-state index contributed by atoms with van der Waals surface area (Å²) >= 11 is 5.84. The van der Waals surface area contributed by atoms with Gasteiger partial charge < -0.3 is 15.3 Å². The Hall–Kier alpha value is -2.27. The fourth-order valence-electron chi connectivity index (χ4n) is 1.79. The number of pyridine rings is 1. The summed E-state index contributed by atoms with van der Waals surface area (Å²) in [6.07, 6.45) is 0. The number of anilines is 3. The van der Waals surface area contributed by atoms with E-state index < -0.39 is 5.97 Å². The van der Waals surface area contributed by atoms with Gasteiger partial charge in [0, 0.05) is 14.1 Å². The Morgan fingerprint density at radius 2 is 2.00 bits per heavy atom. The van der Waals surface area contributed by atoms with E-state index >= 15 is 0 Å². The quantitative estimate of drug-likeness (QED) is 0.847. The SMILES string of the molecule is CN(C)c1ccccc1Nc1cc(C(=O)O)cc(Cl)n1. The van der Waals surface area contributed by atoms with Crippen LogP contribution in [0.3, 0.4) is 0 Å². The van der Waals surface area contributed by atoms with Crippen LogP contribution in [-0.2, 0) is 0 Å². The molecule has 0 saturated heterocycles. The number of aromatic carboxylic acids is 1. The largest absolute Gasteiger partial charge is 0.478 e. The zero-order chi connectivity index (χ0) is 14.7. The number of rotatable bonds is 4. The molecule has 0 aliphatic carbocycles. The molecule has 0 unspecified atom stereocenters. The highest BCUT2D eigenvalue weighted by Gasteiger charge is 2.09. The predicted molar refractivity (Wildman–Crippen MR) is 80.3 cm³/mol. The highest BCUT2D eigenvalue weighted by molar-refractivity contribution is 6.29. The van der Waals surface area contributed by atoms with Gasteiger partial charge in [-0.1, -0.05) is 23.7 Å². The van der Waals surface area contributed by atoms with Crippen molar-refractivity contribution in [2.75, 3.05) is 24.3 Å². The molecule has 0 fully saturated rings. The van der Waals surface area contributed by atoms with E-state index in [9.17, 15) is 4.79 Å². The van der Waals surface area contributed by atoms with Crippen LogP contribution in [0.1, 0.15) is 10.4 Å². The van der Waals surface area contributed by atoms with Crippen molar-refractivity contribution in [3.05, 3.63) is 47.1 Å². The van der Waals surface area contributed by atoms with Gasteiger partial charge in [-0.2, -0.15) is 0 Å². The van der Waals surface area contributed by atoms with Gasteiger partial charge in [0.1, 0.15) is 11.0 Å². The lowest BCUT2D eigenvalue weighted by atomic mass is 10.2. The predicted octanol–water partition coefficient (Wildman–Crippen LogP) is 3.24. The summed E-state index contributed by atoms with van der Waals surface area (Å²) in [6, 6.07) is 10.4. The minimum Gasteiger partial charge on any atom is -0.478 e. The van der Waals surface area contributed by atoms with Gasteiger partial charge in [0.15, 0.2) is 0 Å². The highest BCUT2D eigenvalue weighted by atomic mass is 35.5. The van der Waals surface area contributed by atoms with Gasteiger partial charge in [0.05, 0.1) is 16.9 Å². The summed E-state index contributed by atoms with van der Waals surface area (Å²) in [5, 5.41) is 12.2. The summed E-state index contributed by atoms with van der Waals surface area (Å²) in [7, 11) is 3.85. The van der Waals surface area contributed by atoms with Crippen molar-refractivity contribution >= 4 is 34.8 Å². The van der Waals surface area contributed by atoms with E-state index in [2.05, 4.69) is 10.3 Å². The average molecular weight is 292 g/mol. The van der Waals surface area contributed by atoms with Crippen molar-refractivity contribution < 1.29 is 9.90 Å². The van der Waals surface area contributed by atoms with Gasteiger partial charge in [-0.25, -0.2) is 9.78 Å². The Balaban J connectivity index is 2.37. The van der Waals surface area contributed by atoms with Crippen molar-refractivity contribution in [1.82, 2.24) is 4.98 Å². The van der Waals surface area contributed by atoms with Gasteiger partial charge in [-0.15, -0.1) is 0 Å². The number of hydrogen-bond acceptors (Lipinski definition) is 4. The van der Waals surface area contributed by atoms with Crippen LogP contribution in [0, 0.1) is 0 Å². The molecule has 0 saturated carbocycles. The van der Waals surface area contributed by atoms with Gasteiger partial charge in [0.25, 0.3) is 0 Å². The molecule has 104 valence electrons. The van der Waals surface area contributed by atoms with Crippen molar-refractivity contribution in [2.45, 2.75) is 0 Å². The molecule has 6 heteroatoms. The number of aromatic nitrogens is 1. The van der Waals surface area contributed by atoms with E-state index in [0.29, 0.717) is 5.82 Å². The number of benzene rings is 1. The molecule has 5 nitrogen and oxygen atoms in total. The number of halogens is 1. The number of para-hydroxylation sites is 2. The summed E-state index contributed by atoms with van der Waals surface area (Å²) in [5.74, 6) is -0.651. The molecule has 0 radical (unpaired) electrons. The molecule has 0 aliphatic heterocycles. The topological polar surface area (TPSA) is 65.5 Å². The molecule has 0 atom stereocenters. The van der Waals surface area contributed by atoms with Crippen LogP contribution in [-0.4, -0.2) is 30.2 Å². The number of carboxylic acid groups (broad SMARTS) is 1. The molecule has 0 aliphatic rings. The van der Waals surface area contributed by atoms with E-state index in [1.165, 1.54) is 12.1 Å². The number of hydrogen-bond donors (Lipinski definition) is 2. The molecule has 0 spiro atoms. The molecule has 1 aromatic heterocycles. The third-order valence-electron chi connectivity index (χ3n) is 2.69. The molecule has 2 N–H and O–H groups in total. The van der Waals surface area contributed by atoms with Gasteiger partial charge in [0.2, 0.25) is 0 Å². The van der Waals surface area contributed by atoms with E-state index in [4.69, 9.17) is 16.7 Å². The third-order valence-corrected chi connectivity index (χ3v) is 2.88. The van der Waals surface area contributed by atoms with Crippen LogP contribution in [0.15, 0.2) is 36.4 Å². The van der Waals surface area contributed by atoms with Crippen LogP contribution >= 0.6 is 11.6 Å². The van der Waals surface area contributed by atoms with Crippen LogP contribution in [0.2, 0.25) is 5.15 Å². The summed E-state index contributed by atoms with van der Waals surface area (Å²) in [5.41, 5.74) is 1.88. The van der Waals surface area contributed by atoms with E-state index in [0.717, 1.165) is 11.4 Å². The summed E-state index contributed by atoms with van der Waals surface area (Å²) in [4.78, 5) is 17.0. The monoisotopic (exact) mass is 291 g/mol. The van der Waals surface area contributed by atoms with Gasteiger partial charge in [-0.05, 0) is 24.3 Å². The van der Waals surface area contributed by atoms with Crippen LogP contribution in [0.25, 0.3) is 0 Å². The molecule has 0 bridgehead atoms. The van der Waals surface area contributed by atoms with Crippen molar-refractivity contribution in [1.29, 1.82) is 0 Å². The minimum atomic E-state index is -1.04. The second-order valence-corrected chi connectivity index (χ2v) is 4.79. The molecule has 0 amide bonds. The van der Waals surface area contributed by atoms with E-state index in [1.807, 2.05) is 43.3 Å². The number of carbonyl (C=O) groups is 1. The third kappa shape index (κ3) is 3.19. The maximum absolute atomic E-state index is 11.0. The van der Waals surface area contributed by atoms with Crippen LogP contribution in [0.4, 0.5) is 17.2 Å². The smallest absolute Gasteiger partial charge is 0.335 e. The summed E-state index contributed by atoms with van der Waals surface area (Å²) in [6.45, 7) is 0. The Kier molecular flexibility index (Phi) is 4.10. The molecule has 20 heavy (non-hydrogen) atoms. The molecule has 2 aromatic rings. The number of nitrogens with one attached hydrogen (secondary N) is 1. The molecule has 2 rings (SSSR count). The Morgan fingerprint density at radius 1 is 1.30 bits per heavy atom. The Labute approximate surface area is 121 Å². The van der Waals surface area contributed by atoms with Gasteiger partial charge >= 0.3 is 5.97 Å². The standard InChI is InChI=1S/C14H14ClN3O2/c1-18(2)11-6-4-3-5-10(11)16-13-8-9(14(19)20)7-12(15)17-13/h3-8H,1-2H3,(H,16,17)(H,19,20). The lowest BCUT2D eigenvalue weighted by Crippen LogP contribution is -2.11. The number of nitrogens with zero attached hydrogens (tertiary/aromatic N) is 2. The first-order valence-electron chi connectivity index (χ1n) is 5.91. The summed E-state index contributed by atoms with van der Waals surface area (Å²) < 4.78 is 0. The van der Waals surface area contributed by atoms with Gasteiger partial charge in [-0.3, -0.25) is 0 Å². The zero-order valence-electron chi connectivity index (χ0n) is 11.1. The minimum absolute atomic E-state index is 0.0924. The fourth-order valence-corrected chi connectivity index (χ4v) is 2.00. The number of carboxylic acids is 1. The Morgan fingerprint density at radius 3 is 2.65 bits per heavy atom. The van der Waals surface area contributed by atoms with Crippen LogP contribution in [0.5, 0.6) is 0 Å². The highest BCUT2D eigenvalue weighted by Crippen LogP contribution is 2.27. The van der Waals surface area contributed by atoms with Crippen molar-refractivity contribution in [2.24, 2.45) is 0 Å². The maximum atomic E-state index is 11.0. The second kappa shape index (κ2) is 5.79. The first-order valence-corrected chi connectivity index (χ1v) is 6.29. The Bertz CT molecular complexity index is 644. The first-order chi connectivity index (χ1) is 9.47. The average Bonchev–Trinajstić information content (AvgIpc) is 2.38. The first kappa shape index (κ1) is 14.1. The zero-order valence-corrected chi connectivity index (χ0v) is 11.8. The molecule has 1 heterocycles. The lowest BCUT2D eigenvalue weighted by molar-refractivity contribution is 0.0697. The van der Waals surface area contributed by atoms with Crippen molar-refractivity contribution in [3.8, 4) is 0 Å². The normalized spacial score (nSPS) is 10.2. The molecule has 1 aromatic carbocycles. The molecular formula is C14H14ClN3O2. The van der Waals surface area contributed by atoms with E-state index in [-0.39, 0.29) is 10.7 Å².